The van der Waals surface area contributed by atoms with Gasteiger partial charge in [-0.2, -0.15) is 11.8 Å². The van der Waals surface area contributed by atoms with Crippen LogP contribution >= 0.6 is 23.5 Å². The van der Waals surface area contributed by atoms with Crippen LogP contribution < -0.4 is 0 Å². The van der Waals surface area contributed by atoms with Gasteiger partial charge in [-0.15, -0.1) is 11.8 Å². The summed E-state index contributed by atoms with van der Waals surface area (Å²) in [5.74, 6) is 5.46. The minimum atomic E-state index is 0.985. The van der Waals surface area contributed by atoms with Crippen molar-refractivity contribution in [1.29, 1.82) is 0 Å². The van der Waals surface area contributed by atoms with E-state index in [1.54, 1.807) is 11.8 Å². The van der Waals surface area contributed by atoms with Crippen LogP contribution in [0.3, 0.4) is 0 Å². The van der Waals surface area contributed by atoms with E-state index in [0.29, 0.717) is 0 Å². The SMILES string of the molecule is CSc1ccnc(CCSCCCCC2CCC(C)CC2)n1. The van der Waals surface area contributed by atoms with Crippen molar-refractivity contribution in [3.05, 3.63) is 18.1 Å². The van der Waals surface area contributed by atoms with E-state index < -0.39 is 0 Å². The highest BCUT2D eigenvalue weighted by Crippen LogP contribution is 2.31. The third-order valence-electron chi connectivity index (χ3n) is 4.65. The van der Waals surface area contributed by atoms with E-state index in [0.717, 1.165) is 34.9 Å². The zero-order valence-electron chi connectivity index (χ0n) is 14.1. The highest BCUT2D eigenvalue weighted by molar-refractivity contribution is 7.99. The lowest BCUT2D eigenvalue weighted by Gasteiger charge is -2.25. The first kappa shape index (κ1) is 18.1. The molecule has 124 valence electrons. The van der Waals surface area contributed by atoms with E-state index in [9.17, 15) is 0 Å². The van der Waals surface area contributed by atoms with E-state index in [1.165, 1.54) is 50.7 Å². The maximum atomic E-state index is 4.53. The topological polar surface area (TPSA) is 25.8 Å². The highest BCUT2D eigenvalue weighted by atomic mass is 32.2. The van der Waals surface area contributed by atoms with Crippen LogP contribution in [-0.2, 0) is 6.42 Å². The van der Waals surface area contributed by atoms with Gasteiger partial charge < -0.3 is 0 Å². The number of thioether (sulfide) groups is 2. The summed E-state index contributed by atoms with van der Waals surface area (Å²) >= 11 is 3.75. The second-order valence-corrected chi connectivity index (χ2v) is 8.55. The number of aromatic nitrogens is 2. The van der Waals surface area contributed by atoms with Gasteiger partial charge in [0.15, 0.2) is 0 Å². The number of unbranched alkanes of at least 4 members (excludes halogenated alkanes) is 1. The summed E-state index contributed by atoms with van der Waals surface area (Å²) in [6.07, 6.45) is 15.1. The fourth-order valence-electron chi connectivity index (χ4n) is 3.13. The molecule has 0 aromatic carbocycles. The van der Waals surface area contributed by atoms with Crippen molar-refractivity contribution in [3.8, 4) is 0 Å². The maximum Gasteiger partial charge on any atom is 0.130 e. The van der Waals surface area contributed by atoms with E-state index in [1.807, 2.05) is 12.3 Å². The third kappa shape index (κ3) is 6.91. The van der Waals surface area contributed by atoms with Crippen molar-refractivity contribution in [2.45, 2.75) is 63.3 Å². The van der Waals surface area contributed by atoms with E-state index in [2.05, 4.69) is 34.9 Å². The monoisotopic (exact) mass is 338 g/mol. The van der Waals surface area contributed by atoms with Crippen LogP contribution in [0, 0.1) is 11.8 Å². The van der Waals surface area contributed by atoms with Crippen LogP contribution in [0.25, 0.3) is 0 Å². The molecule has 0 unspecified atom stereocenters. The average molecular weight is 339 g/mol. The molecule has 0 saturated heterocycles. The zero-order valence-corrected chi connectivity index (χ0v) is 15.7. The molecular weight excluding hydrogens is 308 g/mol. The van der Waals surface area contributed by atoms with Gasteiger partial charge in [0.05, 0.1) is 5.03 Å². The molecule has 0 radical (unpaired) electrons. The molecule has 1 fully saturated rings. The third-order valence-corrected chi connectivity index (χ3v) is 6.36. The first-order valence-corrected chi connectivity index (χ1v) is 11.1. The van der Waals surface area contributed by atoms with Crippen molar-refractivity contribution in [2.24, 2.45) is 11.8 Å². The lowest BCUT2D eigenvalue weighted by molar-refractivity contribution is 0.273. The molecular formula is C18H30N2S2. The molecule has 1 aliphatic carbocycles. The quantitative estimate of drug-likeness (QED) is 0.339. The van der Waals surface area contributed by atoms with E-state index in [4.69, 9.17) is 0 Å². The number of aryl methyl sites for hydroxylation is 1. The Bertz CT molecular complexity index is 417. The van der Waals surface area contributed by atoms with Crippen LogP contribution in [0.1, 0.15) is 57.7 Å². The summed E-state index contributed by atoms with van der Waals surface area (Å²) in [6.45, 7) is 2.41. The van der Waals surface area contributed by atoms with E-state index in [-0.39, 0.29) is 0 Å². The van der Waals surface area contributed by atoms with E-state index >= 15 is 0 Å². The molecule has 1 aliphatic rings. The summed E-state index contributed by atoms with van der Waals surface area (Å²) in [5, 5.41) is 1.08. The lowest BCUT2D eigenvalue weighted by atomic mass is 9.81. The van der Waals surface area contributed by atoms with Crippen LogP contribution in [0.4, 0.5) is 0 Å². The molecule has 0 N–H and O–H groups in total. The molecule has 0 atom stereocenters. The Kier molecular flexibility index (Phi) is 8.68. The van der Waals surface area contributed by atoms with Gasteiger partial charge in [-0.25, -0.2) is 9.97 Å². The normalized spacial score (nSPS) is 21.9. The van der Waals surface area contributed by atoms with Gasteiger partial charge in [-0.3, -0.25) is 0 Å². The van der Waals surface area contributed by atoms with Crippen molar-refractivity contribution in [1.82, 2.24) is 9.97 Å². The molecule has 1 aromatic heterocycles. The largest absolute Gasteiger partial charge is 0.241 e. The molecule has 2 rings (SSSR count). The smallest absolute Gasteiger partial charge is 0.130 e. The average Bonchev–Trinajstić information content (AvgIpc) is 2.56. The second kappa shape index (κ2) is 10.5. The van der Waals surface area contributed by atoms with Crippen LogP contribution in [0.5, 0.6) is 0 Å². The van der Waals surface area contributed by atoms with Crippen LogP contribution in [0.2, 0.25) is 0 Å². The van der Waals surface area contributed by atoms with Crippen LogP contribution in [0.15, 0.2) is 17.3 Å². The van der Waals surface area contributed by atoms with Crippen molar-refractivity contribution < 1.29 is 0 Å². The summed E-state index contributed by atoms with van der Waals surface area (Å²) in [6, 6.07) is 1.98. The number of hydrogen-bond donors (Lipinski definition) is 0. The van der Waals surface area contributed by atoms with Gasteiger partial charge in [0.25, 0.3) is 0 Å². The molecule has 4 heteroatoms. The number of nitrogens with zero attached hydrogens (tertiary/aromatic N) is 2. The molecule has 1 aromatic rings. The molecule has 22 heavy (non-hydrogen) atoms. The first-order valence-electron chi connectivity index (χ1n) is 8.71. The molecule has 0 amide bonds. The Labute approximate surface area is 144 Å². The first-order chi connectivity index (χ1) is 10.8. The summed E-state index contributed by atoms with van der Waals surface area (Å²) in [5.41, 5.74) is 0. The molecule has 0 bridgehead atoms. The standard InChI is InChI=1S/C18H30N2S2/c1-15-6-8-16(9-7-15)5-3-4-13-22-14-11-17-19-12-10-18(20-17)21-2/h10,12,15-16H,3-9,11,13-14H2,1-2H3. The molecule has 0 aliphatic heterocycles. The fraction of sp³-hybridized carbons (Fsp3) is 0.778. The molecule has 1 saturated carbocycles. The Morgan fingerprint density at radius 3 is 2.73 bits per heavy atom. The maximum absolute atomic E-state index is 4.53. The fourth-order valence-corrected chi connectivity index (χ4v) is 4.47. The molecule has 0 spiro atoms. The Hall–Kier alpha value is -0.220. The number of rotatable bonds is 9. The predicted octanol–water partition coefficient (Wildman–Crippen LogP) is 5.47. The minimum absolute atomic E-state index is 0.985. The highest BCUT2D eigenvalue weighted by Gasteiger charge is 2.17. The van der Waals surface area contributed by atoms with Crippen LogP contribution in [-0.4, -0.2) is 27.7 Å². The lowest BCUT2D eigenvalue weighted by Crippen LogP contribution is -2.12. The van der Waals surface area contributed by atoms with Crippen molar-refractivity contribution in [3.63, 3.8) is 0 Å². The second-order valence-electron chi connectivity index (χ2n) is 6.50. The van der Waals surface area contributed by atoms with Gasteiger partial charge in [0.1, 0.15) is 5.82 Å². The molecule has 2 nitrogen and oxygen atoms in total. The predicted molar refractivity (Wildman–Crippen MR) is 99.8 cm³/mol. The summed E-state index contributed by atoms with van der Waals surface area (Å²) in [4.78, 5) is 8.88. The Morgan fingerprint density at radius 1 is 1.14 bits per heavy atom. The van der Waals surface area contributed by atoms with Gasteiger partial charge in [-0.1, -0.05) is 45.4 Å². The zero-order chi connectivity index (χ0) is 15.6. The number of hydrogen-bond acceptors (Lipinski definition) is 4. The van der Waals surface area contributed by atoms with Crippen molar-refractivity contribution >= 4 is 23.5 Å². The summed E-state index contributed by atoms with van der Waals surface area (Å²) in [7, 11) is 0. The van der Waals surface area contributed by atoms with Gasteiger partial charge >= 0.3 is 0 Å². The van der Waals surface area contributed by atoms with Gasteiger partial charge in [-0.05, 0) is 36.3 Å². The Morgan fingerprint density at radius 2 is 1.95 bits per heavy atom. The van der Waals surface area contributed by atoms with Crippen molar-refractivity contribution in [2.75, 3.05) is 17.8 Å². The van der Waals surface area contributed by atoms with Gasteiger partial charge in [0.2, 0.25) is 0 Å². The minimum Gasteiger partial charge on any atom is -0.241 e. The summed E-state index contributed by atoms with van der Waals surface area (Å²) < 4.78 is 0. The Balaban J connectivity index is 1.47. The molecule has 1 heterocycles. The van der Waals surface area contributed by atoms with Gasteiger partial charge in [0, 0.05) is 18.4 Å².